The molecule has 1 fully saturated rings. The molecule has 0 aliphatic carbocycles. The van der Waals surface area contributed by atoms with Gasteiger partial charge in [0, 0.05) is 32.2 Å². The van der Waals surface area contributed by atoms with E-state index in [-0.39, 0.29) is 18.2 Å². The number of aliphatic hydroxyl groups is 1. The lowest BCUT2D eigenvalue weighted by Crippen LogP contribution is -2.43. The summed E-state index contributed by atoms with van der Waals surface area (Å²) in [5, 5.41) is 12.3. The minimum Gasteiger partial charge on any atom is -0.513 e. The minimum atomic E-state index is -0.233. The van der Waals surface area contributed by atoms with Gasteiger partial charge < -0.3 is 20.1 Å². The Kier molecular flexibility index (Phi) is 4.63. The van der Waals surface area contributed by atoms with Crippen molar-refractivity contribution in [2.24, 2.45) is 0 Å². The van der Waals surface area contributed by atoms with Gasteiger partial charge in [0.25, 0.3) is 0 Å². The lowest BCUT2D eigenvalue weighted by molar-refractivity contribution is 0.346. The number of rotatable bonds is 4. The van der Waals surface area contributed by atoms with Gasteiger partial charge in [-0.05, 0) is 25.1 Å². The van der Waals surface area contributed by atoms with Crippen LogP contribution in [0.1, 0.15) is 6.92 Å². The summed E-state index contributed by atoms with van der Waals surface area (Å²) >= 11 is 0. The third-order valence-electron chi connectivity index (χ3n) is 3.00. The summed E-state index contributed by atoms with van der Waals surface area (Å²) in [6.45, 7) is 5.15. The highest BCUT2D eigenvalue weighted by atomic mass is 19.1. The predicted octanol–water partition coefficient (Wildman–Crippen LogP) is 2.08. The third-order valence-corrected chi connectivity index (χ3v) is 3.00. The van der Waals surface area contributed by atoms with Crippen LogP contribution in [0.2, 0.25) is 0 Å². The quantitative estimate of drug-likeness (QED) is 0.819. The van der Waals surface area contributed by atoms with E-state index in [1.165, 1.54) is 6.07 Å². The lowest BCUT2D eigenvalue weighted by Gasteiger charge is -2.29. The fourth-order valence-electron chi connectivity index (χ4n) is 1.99. The van der Waals surface area contributed by atoms with Gasteiger partial charge in [-0.25, -0.2) is 4.39 Å². The summed E-state index contributed by atoms with van der Waals surface area (Å²) in [6.07, 6.45) is 1.56. The van der Waals surface area contributed by atoms with E-state index in [2.05, 4.69) is 5.32 Å². The standard InChI is InChI=1S/C14H19FN2O2/c1-11(18)4-9-19-12-2-3-13(15)14(10-12)17-7-5-16-6-8-17/h2-4,10,16,18H,5-9H2,1H3/b11-4+. The molecule has 0 bridgehead atoms. The van der Waals surface area contributed by atoms with Gasteiger partial charge in [-0.3, -0.25) is 0 Å². The molecule has 0 amide bonds. The van der Waals surface area contributed by atoms with Crippen LogP contribution in [-0.2, 0) is 0 Å². The molecule has 1 heterocycles. The Morgan fingerprint density at radius 3 is 2.89 bits per heavy atom. The number of ether oxygens (including phenoxy) is 1. The van der Waals surface area contributed by atoms with E-state index in [1.54, 1.807) is 25.1 Å². The number of allylic oxidation sites excluding steroid dienone is 1. The van der Waals surface area contributed by atoms with Gasteiger partial charge in [-0.1, -0.05) is 0 Å². The molecular weight excluding hydrogens is 247 g/mol. The zero-order chi connectivity index (χ0) is 13.7. The topological polar surface area (TPSA) is 44.7 Å². The molecule has 0 unspecified atom stereocenters. The summed E-state index contributed by atoms with van der Waals surface area (Å²) in [5.74, 6) is 0.583. The summed E-state index contributed by atoms with van der Waals surface area (Å²) in [4.78, 5) is 2.01. The first-order chi connectivity index (χ1) is 9.16. The predicted molar refractivity (Wildman–Crippen MR) is 73.4 cm³/mol. The first kappa shape index (κ1) is 13.7. The van der Waals surface area contributed by atoms with Crippen LogP contribution >= 0.6 is 0 Å². The second-order valence-corrected chi connectivity index (χ2v) is 4.51. The second kappa shape index (κ2) is 6.43. The highest BCUT2D eigenvalue weighted by Gasteiger charge is 2.15. The number of nitrogens with one attached hydrogen (secondary N) is 1. The largest absolute Gasteiger partial charge is 0.513 e. The third kappa shape index (κ3) is 3.86. The molecule has 1 aromatic rings. The zero-order valence-electron chi connectivity index (χ0n) is 11.0. The van der Waals surface area contributed by atoms with E-state index in [0.29, 0.717) is 11.4 Å². The Morgan fingerprint density at radius 2 is 2.21 bits per heavy atom. The van der Waals surface area contributed by atoms with Crippen molar-refractivity contribution >= 4 is 5.69 Å². The van der Waals surface area contributed by atoms with Crippen molar-refractivity contribution in [2.75, 3.05) is 37.7 Å². The van der Waals surface area contributed by atoms with E-state index in [0.717, 1.165) is 26.2 Å². The molecule has 0 atom stereocenters. The van der Waals surface area contributed by atoms with Gasteiger partial charge in [0.15, 0.2) is 0 Å². The van der Waals surface area contributed by atoms with Crippen molar-refractivity contribution in [1.29, 1.82) is 0 Å². The summed E-state index contributed by atoms with van der Waals surface area (Å²) < 4.78 is 19.3. The van der Waals surface area contributed by atoms with Crippen LogP contribution in [0.4, 0.5) is 10.1 Å². The van der Waals surface area contributed by atoms with Crippen LogP contribution in [0.25, 0.3) is 0 Å². The van der Waals surface area contributed by atoms with E-state index in [4.69, 9.17) is 9.84 Å². The van der Waals surface area contributed by atoms with Crippen molar-refractivity contribution < 1.29 is 14.2 Å². The Bertz CT molecular complexity index is 453. The zero-order valence-corrected chi connectivity index (χ0v) is 11.0. The van der Waals surface area contributed by atoms with Crippen LogP contribution in [0.5, 0.6) is 5.75 Å². The number of benzene rings is 1. The van der Waals surface area contributed by atoms with E-state index >= 15 is 0 Å². The van der Waals surface area contributed by atoms with Crippen molar-refractivity contribution in [3.05, 3.63) is 35.9 Å². The van der Waals surface area contributed by atoms with E-state index in [1.807, 2.05) is 4.90 Å². The molecule has 1 aliphatic heterocycles. The van der Waals surface area contributed by atoms with Crippen molar-refractivity contribution in [3.63, 3.8) is 0 Å². The minimum absolute atomic E-state index is 0.212. The SMILES string of the molecule is C/C(O)=C\COc1ccc(F)c(N2CCNCC2)c1. The van der Waals surface area contributed by atoms with Gasteiger partial charge in [-0.15, -0.1) is 0 Å². The first-order valence-corrected chi connectivity index (χ1v) is 6.40. The summed E-state index contributed by atoms with van der Waals surface area (Å²) in [7, 11) is 0. The van der Waals surface area contributed by atoms with Crippen molar-refractivity contribution in [2.45, 2.75) is 6.92 Å². The smallest absolute Gasteiger partial charge is 0.146 e. The molecule has 0 radical (unpaired) electrons. The number of hydrogen-bond donors (Lipinski definition) is 2. The van der Waals surface area contributed by atoms with Crippen LogP contribution in [0, 0.1) is 5.82 Å². The van der Waals surface area contributed by atoms with E-state index in [9.17, 15) is 4.39 Å². The number of nitrogens with zero attached hydrogens (tertiary/aromatic N) is 1. The van der Waals surface area contributed by atoms with Gasteiger partial charge in [0.05, 0.1) is 11.4 Å². The molecule has 2 N–H and O–H groups in total. The molecule has 4 nitrogen and oxygen atoms in total. The average Bonchev–Trinajstić information content (AvgIpc) is 2.41. The molecule has 19 heavy (non-hydrogen) atoms. The maximum atomic E-state index is 13.8. The van der Waals surface area contributed by atoms with Crippen molar-refractivity contribution in [1.82, 2.24) is 5.32 Å². The molecule has 104 valence electrons. The molecule has 0 aromatic heterocycles. The Labute approximate surface area is 112 Å². The maximum absolute atomic E-state index is 13.8. The van der Waals surface area contributed by atoms with E-state index < -0.39 is 0 Å². The molecule has 0 saturated carbocycles. The molecular formula is C14H19FN2O2. The number of piperazine rings is 1. The highest BCUT2D eigenvalue weighted by Crippen LogP contribution is 2.25. The average molecular weight is 266 g/mol. The number of halogens is 1. The van der Waals surface area contributed by atoms with Crippen LogP contribution in [0.15, 0.2) is 30.0 Å². The van der Waals surface area contributed by atoms with Crippen LogP contribution in [0.3, 0.4) is 0 Å². The molecule has 5 heteroatoms. The van der Waals surface area contributed by atoms with Gasteiger partial charge >= 0.3 is 0 Å². The van der Waals surface area contributed by atoms with Crippen molar-refractivity contribution in [3.8, 4) is 5.75 Å². The fraction of sp³-hybridized carbons (Fsp3) is 0.429. The fourth-order valence-corrected chi connectivity index (χ4v) is 1.99. The molecule has 1 aromatic carbocycles. The second-order valence-electron chi connectivity index (χ2n) is 4.51. The summed E-state index contributed by atoms with van der Waals surface area (Å²) in [5.41, 5.74) is 0.573. The molecule has 1 aliphatic rings. The number of aliphatic hydroxyl groups excluding tert-OH is 1. The monoisotopic (exact) mass is 266 g/mol. The lowest BCUT2D eigenvalue weighted by atomic mass is 10.2. The van der Waals surface area contributed by atoms with Gasteiger partial charge in [0.2, 0.25) is 0 Å². The highest BCUT2D eigenvalue weighted by molar-refractivity contribution is 5.52. The van der Waals surface area contributed by atoms with Gasteiger partial charge in [0.1, 0.15) is 18.2 Å². The normalized spacial score (nSPS) is 16.5. The Morgan fingerprint density at radius 1 is 1.47 bits per heavy atom. The van der Waals surface area contributed by atoms with Crippen LogP contribution < -0.4 is 15.0 Å². The molecule has 1 saturated heterocycles. The Balaban J connectivity index is 2.07. The Hall–Kier alpha value is -1.75. The summed E-state index contributed by atoms with van der Waals surface area (Å²) in [6, 6.07) is 4.73. The number of anilines is 1. The van der Waals surface area contributed by atoms with Gasteiger partial charge in [-0.2, -0.15) is 0 Å². The molecule has 0 spiro atoms. The number of hydrogen-bond acceptors (Lipinski definition) is 4. The maximum Gasteiger partial charge on any atom is 0.146 e. The molecule has 2 rings (SSSR count). The van der Waals surface area contributed by atoms with Crippen LogP contribution in [-0.4, -0.2) is 37.9 Å². The first-order valence-electron chi connectivity index (χ1n) is 6.40.